The zero-order valence-corrected chi connectivity index (χ0v) is 11.1. The Bertz CT molecular complexity index is 589. The Morgan fingerprint density at radius 3 is 2.75 bits per heavy atom. The highest BCUT2D eigenvalue weighted by molar-refractivity contribution is 5.43. The summed E-state index contributed by atoms with van der Waals surface area (Å²) in [5.74, 6) is -1.13. The van der Waals surface area contributed by atoms with Crippen molar-refractivity contribution >= 4 is 5.95 Å². The van der Waals surface area contributed by atoms with E-state index in [0.717, 1.165) is 18.9 Å². The molecule has 0 atom stereocenters. The van der Waals surface area contributed by atoms with Gasteiger partial charge in [0.05, 0.1) is 5.69 Å². The predicted molar refractivity (Wildman–Crippen MR) is 74.0 cm³/mol. The van der Waals surface area contributed by atoms with Crippen molar-refractivity contribution in [2.45, 2.75) is 38.1 Å². The minimum Gasteiger partial charge on any atom is -0.353 e. The molecule has 1 saturated carbocycles. The summed E-state index contributed by atoms with van der Waals surface area (Å²) < 4.78 is 28.8. The van der Waals surface area contributed by atoms with Gasteiger partial charge in [0.1, 0.15) is 0 Å². The zero-order valence-electron chi connectivity index (χ0n) is 11.1. The molecule has 1 aliphatic rings. The van der Waals surface area contributed by atoms with Gasteiger partial charge >= 0.3 is 0 Å². The molecule has 20 heavy (non-hydrogen) atoms. The van der Waals surface area contributed by atoms with Crippen molar-refractivity contribution in [2.75, 3.05) is 5.32 Å². The van der Waals surface area contributed by atoms with Gasteiger partial charge in [-0.1, -0.05) is 25.3 Å². The standard InChI is InChI=1S/C15H17F2N3/c16-12-7-4-8-13(14(12)17)20-10-9-18-15(20)19-11-5-2-1-3-6-11/h4,7-11H,1-3,5-6H2,(H,18,19). The molecule has 0 amide bonds. The highest BCUT2D eigenvalue weighted by Crippen LogP contribution is 2.24. The number of rotatable bonds is 3. The lowest BCUT2D eigenvalue weighted by Crippen LogP contribution is -2.24. The fraction of sp³-hybridized carbons (Fsp3) is 0.400. The Hall–Kier alpha value is -1.91. The van der Waals surface area contributed by atoms with Crippen molar-refractivity contribution in [3.8, 4) is 5.69 Å². The first-order valence-electron chi connectivity index (χ1n) is 7.00. The topological polar surface area (TPSA) is 29.9 Å². The lowest BCUT2D eigenvalue weighted by atomic mass is 9.96. The van der Waals surface area contributed by atoms with E-state index in [1.807, 2.05) is 0 Å². The molecule has 2 aromatic rings. The lowest BCUT2D eigenvalue weighted by Gasteiger charge is -2.23. The summed E-state index contributed by atoms with van der Waals surface area (Å²) in [5, 5.41) is 3.34. The summed E-state index contributed by atoms with van der Waals surface area (Å²) in [7, 11) is 0. The molecule has 1 fully saturated rings. The van der Waals surface area contributed by atoms with Crippen molar-refractivity contribution in [1.29, 1.82) is 0 Å². The summed E-state index contributed by atoms with van der Waals surface area (Å²) in [6.07, 6.45) is 9.10. The predicted octanol–water partition coefficient (Wildman–Crippen LogP) is 3.90. The highest BCUT2D eigenvalue weighted by Gasteiger charge is 2.17. The number of nitrogens with one attached hydrogen (secondary N) is 1. The van der Waals surface area contributed by atoms with Crippen LogP contribution in [0.1, 0.15) is 32.1 Å². The maximum absolute atomic E-state index is 13.9. The van der Waals surface area contributed by atoms with E-state index in [0.29, 0.717) is 12.0 Å². The second-order valence-corrected chi connectivity index (χ2v) is 5.17. The number of hydrogen-bond acceptors (Lipinski definition) is 2. The number of aromatic nitrogens is 2. The van der Waals surface area contributed by atoms with Gasteiger partial charge in [-0.2, -0.15) is 0 Å². The van der Waals surface area contributed by atoms with Gasteiger partial charge in [0.25, 0.3) is 0 Å². The van der Waals surface area contributed by atoms with Gasteiger partial charge in [-0.3, -0.25) is 4.57 Å². The van der Waals surface area contributed by atoms with Gasteiger partial charge in [-0.15, -0.1) is 0 Å². The van der Waals surface area contributed by atoms with E-state index < -0.39 is 11.6 Å². The van der Waals surface area contributed by atoms with Crippen molar-refractivity contribution in [1.82, 2.24) is 9.55 Å². The maximum Gasteiger partial charge on any atom is 0.207 e. The molecule has 0 saturated heterocycles. The van der Waals surface area contributed by atoms with Crippen LogP contribution in [0.3, 0.4) is 0 Å². The molecule has 1 N–H and O–H groups in total. The van der Waals surface area contributed by atoms with E-state index in [1.54, 1.807) is 23.0 Å². The molecule has 5 heteroatoms. The zero-order chi connectivity index (χ0) is 13.9. The summed E-state index contributed by atoms with van der Waals surface area (Å²) >= 11 is 0. The molecule has 0 aliphatic heterocycles. The van der Waals surface area contributed by atoms with E-state index in [1.165, 1.54) is 25.3 Å². The maximum atomic E-state index is 13.9. The molecule has 3 nitrogen and oxygen atoms in total. The Morgan fingerprint density at radius 2 is 1.95 bits per heavy atom. The van der Waals surface area contributed by atoms with Crippen LogP contribution in [0.25, 0.3) is 5.69 Å². The Labute approximate surface area is 116 Å². The van der Waals surface area contributed by atoms with Gasteiger partial charge in [0.15, 0.2) is 11.6 Å². The highest BCUT2D eigenvalue weighted by atomic mass is 19.2. The first-order valence-corrected chi connectivity index (χ1v) is 7.00. The second-order valence-electron chi connectivity index (χ2n) is 5.17. The van der Waals surface area contributed by atoms with Gasteiger partial charge in [0, 0.05) is 18.4 Å². The van der Waals surface area contributed by atoms with E-state index in [4.69, 9.17) is 0 Å². The number of benzene rings is 1. The Kier molecular flexibility index (Phi) is 3.67. The van der Waals surface area contributed by atoms with E-state index in [-0.39, 0.29) is 5.69 Å². The van der Waals surface area contributed by atoms with Crippen LogP contribution < -0.4 is 5.32 Å². The van der Waals surface area contributed by atoms with Crippen molar-refractivity contribution in [3.05, 3.63) is 42.2 Å². The van der Waals surface area contributed by atoms with Crippen LogP contribution >= 0.6 is 0 Å². The third-order valence-electron chi connectivity index (χ3n) is 3.77. The largest absolute Gasteiger partial charge is 0.353 e. The van der Waals surface area contributed by atoms with E-state index in [9.17, 15) is 8.78 Å². The quantitative estimate of drug-likeness (QED) is 0.922. The fourth-order valence-corrected chi connectivity index (χ4v) is 2.71. The minimum atomic E-state index is -0.850. The van der Waals surface area contributed by atoms with Crippen molar-refractivity contribution in [3.63, 3.8) is 0 Å². The number of halogens is 2. The molecular weight excluding hydrogens is 260 g/mol. The van der Waals surface area contributed by atoms with Gasteiger partial charge in [-0.05, 0) is 25.0 Å². The van der Waals surface area contributed by atoms with E-state index >= 15 is 0 Å². The molecule has 1 heterocycles. The molecular formula is C15H17F2N3. The van der Waals surface area contributed by atoms with Crippen LogP contribution in [0.5, 0.6) is 0 Å². The van der Waals surface area contributed by atoms with Crippen LogP contribution in [0.4, 0.5) is 14.7 Å². The third-order valence-corrected chi connectivity index (χ3v) is 3.77. The SMILES string of the molecule is Fc1cccc(-n2ccnc2NC2CCCCC2)c1F. The molecule has 1 aliphatic carbocycles. The van der Waals surface area contributed by atoms with Crippen LogP contribution in [-0.4, -0.2) is 15.6 Å². The minimum absolute atomic E-state index is 0.181. The number of hydrogen-bond donors (Lipinski definition) is 1. The fourth-order valence-electron chi connectivity index (χ4n) is 2.71. The third kappa shape index (κ3) is 2.53. The Morgan fingerprint density at radius 1 is 1.15 bits per heavy atom. The molecule has 0 radical (unpaired) electrons. The first kappa shape index (κ1) is 13.1. The van der Waals surface area contributed by atoms with Crippen LogP contribution in [-0.2, 0) is 0 Å². The summed E-state index contributed by atoms with van der Waals surface area (Å²) in [6.45, 7) is 0. The Balaban J connectivity index is 1.87. The second kappa shape index (κ2) is 5.61. The summed E-state index contributed by atoms with van der Waals surface area (Å²) in [6, 6.07) is 4.52. The van der Waals surface area contributed by atoms with Crippen molar-refractivity contribution < 1.29 is 8.78 Å². The van der Waals surface area contributed by atoms with Crippen molar-refractivity contribution in [2.24, 2.45) is 0 Å². The van der Waals surface area contributed by atoms with Gasteiger partial charge in [0.2, 0.25) is 5.95 Å². The number of anilines is 1. The molecule has 0 spiro atoms. The molecule has 106 valence electrons. The molecule has 0 unspecified atom stereocenters. The smallest absolute Gasteiger partial charge is 0.207 e. The average Bonchev–Trinajstić information content (AvgIpc) is 2.91. The van der Waals surface area contributed by atoms with Crippen LogP contribution in [0.15, 0.2) is 30.6 Å². The first-order chi connectivity index (χ1) is 9.75. The van der Waals surface area contributed by atoms with Gasteiger partial charge < -0.3 is 5.32 Å². The van der Waals surface area contributed by atoms with Crippen LogP contribution in [0.2, 0.25) is 0 Å². The molecule has 3 rings (SSSR count). The summed E-state index contributed by atoms with van der Waals surface area (Å²) in [4.78, 5) is 4.22. The van der Waals surface area contributed by atoms with Gasteiger partial charge in [-0.25, -0.2) is 13.8 Å². The van der Waals surface area contributed by atoms with E-state index in [2.05, 4.69) is 10.3 Å². The normalized spacial score (nSPS) is 16.3. The number of imidazole rings is 1. The monoisotopic (exact) mass is 277 g/mol. The molecule has 1 aromatic carbocycles. The van der Waals surface area contributed by atoms with Crippen LogP contribution in [0, 0.1) is 11.6 Å². The number of nitrogens with zero attached hydrogens (tertiary/aromatic N) is 2. The average molecular weight is 277 g/mol. The molecule has 0 bridgehead atoms. The summed E-state index contributed by atoms with van der Waals surface area (Å²) in [5.41, 5.74) is 0.181. The molecule has 1 aromatic heterocycles. The lowest BCUT2D eigenvalue weighted by molar-refractivity contribution is 0.460.